The summed E-state index contributed by atoms with van der Waals surface area (Å²) in [5.41, 5.74) is 1.93. The van der Waals surface area contributed by atoms with Crippen LogP contribution in [0.2, 0.25) is 5.02 Å². The van der Waals surface area contributed by atoms with E-state index in [1.807, 2.05) is 4.90 Å². The molecular formula is C21H18ClFN2O2. The van der Waals surface area contributed by atoms with E-state index in [9.17, 15) is 14.6 Å². The van der Waals surface area contributed by atoms with Crippen molar-refractivity contribution >= 4 is 17.4 Å². The predicted molar refractivity (Wildman–Crippen MR) is 105 cm³/mol. The van der Waals surface area contributed by atoms with E-state index in [2.05, 4.69) is 4.98 Å². The first kappa shape index (κ1) is 17.8. The van der Waals surface area contributed by atoms with Crippen LogP contribution in [0.25, 0.3) is 22.4 Å². The van der Waals surface area contributed by atoms with Crippen LogP contribution in [0.5, 0.6) is 5.75 Å². The standard InChI is InChI=1S/C21H18ClFN2O2/c22-16-5-3-6-17(23)21(16)13-10-18(15-4-1-2-7-19(15)27)24-20(11-13)25-9-8-14(26)12-25/h1-7,10-11,14,26-27H,8-9,12H2. The lowest BCUT2D eigenvalue weighted by molar-refractivity contribution is 0.198. The van der Waals surface area contributed by atoms with Gasteiger partial charge in [-0.15, -0.1) is 0 Å². The van der Waals surface area contributed by atoms with Gasteiger partial charge in [-0.05, 0) is 48.4 Å². The van der Waals surface area contributed by atoms with Crippen molar-refractivity contribution in [3.63, 3.8) is 0 Å². The van der Waals surface area contributed by atoms with E-state index < -0.39 is 11.9 Å². The van der Waals surface area contributed by atoms with Crippen LogP contribution in [0.1, 0.15) is 6.42 Å². The Kier molecular flexibility index (Phi) is 4.72. The van der Waals surface area contributed by atoms with Crippen LogP contribution in [0, 0.1) is 5.82 Å². The molecule has 3 aromatic rings. The molecule has 0 spiro atoms. The van der Waals surface area contributed by atoms with Crippen LogP contribution in [-0.2, 0) is 0 Å². The summed E-state index contributed by atoms with van der Waals surface area (Å²) in [6, 6.07) is 14.9. The molecular weight excluding hydrogens is 367 g/mol. The number of benzene rings is 2. The zero-order valence-corrected chi connectivity index (χ0v) is 15.2. The maximum Gasteiger partial charge on any atom is 0.132 e. The van der Waals surface area contributed by atoms with Crippen LogP contribution < -0.4 is 4.90 Å². The Morgan fingerprint density at radius 1 is 1.11 bits per heavy atom. The second-order valence-corrected chi connectivity index (χ2v) is 7.01. The van der Waals surface area contributed by atoms with Crippen LogP contribution in [0.3, 0.4) is 0 Å². The fourth-order valence-corrected chi connectivity index (χ4v) is 3.65. The fourth-order valence-electron chi connectivity index (χ4n) is 3.37. The number of anilines is 1. The van der Waals surface area contributed by atoms with Gasteiger partial charge in [-0.3, -0.25) is 0 Å². The monoisotopic (exact) mass is 384 g/mol. The number of aromatic nitrogens is 1. The van der Waals surface area contributed by atoms with Gasteiger partial charge in [-0.2, -0.15) is 0 Å². The largest absolute Gasteiger partial charge is 0.507 e. The molecule has 1 unspecified atom stereocenters. The number of phenols is 1. The predicted octanol–water partition coefficient (Wildman–Crippen LogP) is 4.48. The van der Waals surface area contributed by atoms with E-state index in [0.29, 0.717) is 52.7 Å². The highest BCUT2D eigenvalue weighted by atomic mass is 35.5. The zero-order valence-electron chi connectivity index (χ0n) is 14.4. The highest BCUT2D eigenvalue weighted by Gasteiger charge is 2.23. The first-order chi connectivity index (χ1) is 13.0. The Balaban J connectivity index is 1.91. The third kappa shape index (κ3) is 3.48. The first-order valence-electron chi connectivity index (χ1n) is 8.71. The lowest BCUT2D eigenvalue weighted by atomic mass is 10.0. The Hall–Kier alpha value is -2.63. The number of para-hydroxylation sites is 1. The number of nitrogens with zero attached hydrogens (tertiary/aromatic N) is 2. The third-order valence-electron chi connectivity index (χ3n) is 4.73. The van der Waals surface area contributed by atoms with Crippen LogP contribution >= 0.6 is 11.6 Å². The van der Waals surface area contributed by atoms with E-state index in [0.717, 1.165) is 0 Å². The minimum absolute atomic E-state index is 0.0918. The lowest BCUT2D eigenvalue weighted by Crippen LogP contribution is -2.22. The van der Waals surface area contributed by atoms with Gasteiger partial charge in [0.15, 0.2) is 0 Å². The van der Waals surface area contributed by atoms with Crippen molar-refractivity contribution in [3.05, 3.63) is 65.4 Å². The van der Waals surface area contributed by atoms with Crippen LogP contribution in [0.4, 0.5) is 10.2 Å². The molecule has 6 heteroatoms. The number of pyridine rings is 1. The molecule has 1 fully saturated rings. The number of aliphatic hydroxyl groups excluding tert-OH is 1. The zero-order chi connectivity index (χ0) is 19.0. The van der Waals surface area contributed by atoms with Crippen LogP contribution in [0.15, 0.2) is 54.6 Å². The van der Waals surface area contributed by atoms with Crippen molar-refractivity contribution in [1.82, 2.24) is 4.98 Å². The lowest BCUT2D eigenvalue weighted by Gasteiger charge is -2.20. The number of hydrogen-bond acceptors (Lipinski definition) is 4. The minimum atomic E-state index is -0.427. The van der Waals surface area contributed by atoms with Gasteiger partial charge in [0.2, 0.25) is 0 Å². The summed E-state index contributed by atoms with van der Waals surface area (Å²) in [5, 5.41) is 20.4. The van der Waals surface area contributed by atoms with Crippen molar-refractivity contribution in [2.45, 2.75) is 12.5 Å². The van der Waals surface area contributed by atoms with Crippen LogP contribution in [-0.4, -0.2) is 34.4 Å². The van der Waals surface area contributed by atoms with E-state index in [4.69, 9.17) is 11.6 Å². The molecule has 4 rings (SSSR count). The Bertz CT molecular complexity index is 975. The molecule has 2 heterocycles. The fraction of sp³-hybridized carbons (Fsp3) is 0.190. The maximum absolute atomic E-state index is 14.5. The van der Waals surface area contributed by atoms with Gasteiger partial charge < -0.3 is 15.1 Å². The molecule has 2 aromatic carbocycles. The highest BCUT2D eigenvalue weighted by molar-refractivity contribution is 6.33. The molecule has 138 valence electrons. The number of β-amino-alcohol motifs (C(OH)–C–C–N with tert-alkyl or cyclic N) is 1. The third-order valence-corrected chi connectivity index (χ3v) is 5.05. The second-order valence-electron chi connectivity index (χ2n) is 6.60. The topological polar surface area (TPSA) is 56.6 Å². The number of hydrogen-bond donors (Lipinski definition) is 2. The molecule has 1 aliphatic rings. The molecule has 1 aliphatic heterocycles. The second kappa shape index (κ2) is 7.18. The van der Waals surface area contributed by atoms with Crippen molar-refractivity contribution in [3.8, 4) is 28.1 Å². The Morgan fingerprint density at radius 3 is 2.63 bits per heavy atom. The molecule has 0 bridgehead atoms. The minimum Gasteiger partial charge on any atom is -0.507 e. The van der Waals surface area contributed by atoms with Crippen molar-refractivity contribution < 1.29 is 14.6 Å². The van der Waals surface area contributed by atoms with Crippen molar-refractivity contribution in [2.75, 3.05) is 18.0 Å². The van der Waals surface area contributed by atoms with E-state index >= 15 is 0 Å². The van der Waals surface area contributed by atoms with Gasteiger partial charge in [-0.1, -0.05) is 29.8 Å². The van der Waals surface area contributed by atoms with E-state index in [-0.39, 0.29) is 5.75 Å². The molecule has 0 amide bonds. The summed E-state index contributed by atoms with van der Waals surface area (Å²) >= 11 is 6.27. The van der Waals surface area contributed by atoms with Gasteiger partial charge in [0.05, 0.1) is 16.8 Å². The first-order valence-corrected chi connectivity index (χ1v) is 9.08. The molecule has 2 N–H and O–H groups in total. The van der Waals surface area contributed by atoms with Gasteiger partial charge in [0, 0.05) is 24.2 Å². The highest BCUT2D eigenvalue weighted by Crippen LogP contribution is 2.37. The SMILES string of the molecule is Oc1ccccc1-c1cc(-c2c(F)cccc2Cl)cc(N2CCC(O)C2)n1. The van der Waals surface area contributed by atoms with Gasteiger partial charge in [-0.25, -0.2) is 9.37 Å². The molecule has 0 saturated carbocycles. The summed E-state index contributed by atoms with van der Waals surface area (Å²) in [5.74, 6) is 0.278. The van der Waals surface area contributed by atoms with E-state index in [1.165, 1.54) is 6.07 Å². The van der Waals surface area contributed by atoms with Gasteiger partial charge in [0.25, 0.3) is 0 Å². The maximum atomic E-state index is 14.5. The average Bonchev–Trinajstić information content (AvgIpc) is 3.08. The number of phenolic OH excluding ortho intramolecular Hbond substituents is 1. The Labute approximate surface area is 161 Å². The van der Waals surface area contributed by atoms with Gasteiger partial charge in [0.1, 0.15) is 17.4 Å². The molecule has 0 aliphatic carbocycles. The molecule has 0 radical (unpaired) electrons. The summed E-state index contributed by atoms with van der Waals surface area (Å²) in [6.07, 6.45) is 0.235. The number of aromatic hydroxyl groups is 1. The van der Waals surface area contributed by atoms with Crippen molar-refractivity contribution in [2.24, 2.45) is 0 Å². The summed E-state index contributed by atoms with van der Waals surface area (Å²) in [7, 11) is 0. The normalized spacial score (nSPS) is 16.7. The quantitative estimate of drug-likeness (QED) is 0.698. The molecule has 1 aromatic heterocycles. The molecule has 4 nitrogen and oxygen atoms in total. The number of rotatable bonds is 3. The summed E-state index contributed by atoms with van der Waals surface area (Å²) < 4.78 is 14.5. The summed E-state index contributed by atoms with van der Waals surface area (Å²) in [4.78, 5) is 6.61. The molecule has 1 atom stereocenters. The van der Waals surface area contributed by atoms with Crippen molar-refractivity contribution in [1.29, 1.82) is 0 Å². The number of aliphatic hydroxyl groups is 1. The smallest absolute Gasteiger partial charge is 0.132 e. The average molecular weight is 385 g/mol. The summed E-state index contributed by atoms with van der Waals surface area (Å²) in [6.45, 7) is 1.12. The molecule has 1 saturated heterocycles. The van der Waals surface area contributed by atoms with E-state index in [1.54, 1.807) is 48.5 Å². The van der Waals surface area contributed by atoms with Gasteiger partial charge >= 0.3 is 0 Å². The number of halogens is 2. The Morgan fingerprint density at radius 2 is 1.93 bits per heavy atom. The molecule has 27 heavy (non-hydrogen) atoms.